The summed E-state index contributed by atoms with van der Waals surface area (Å²) in [6.07, 6.45) is 5.13. The molecule has 0 saturated carbocycles. The monoisotopic (exact) mass is 226 g/mol. The molecule has 0 aliphatic carbocycles. The van der Waals surface area contributed by atoms with Gasteiger partial charge in [-0.1, -0.05) is 17.7 Å². The van der Waals surface area contributed by atoms with Crippen molar-refractivity contribution in [3.63, 3.8) is 0 Å². The molecule has 6 heteroatoms. The van der Waals surface area contributed by atoms with Crippen LogP contribution in [-0.4, -0.2) is 25.9 Å². The Morgan fingerprint density at radius 1 is 1.50 bits per heavy atom. The molecule has 0 bridgehead atoms. The van der Waals surface area contributed by atoms with Crippen molar-refractivity contribution >= 4 is 41.3 Å². The van der Waals surface area contributed by atoms with Crippen molar-refractivity contribution in [2.75, 3.05) is 5.75 Å². The fourth-order valence-electron chi connectivity index (χ4n) is 1.13. The molecule has 1 N–H and O–H groups in total. The first kappa shape index (κ1) is 9.48. The lowest BCUT2D eigenvalue weighted by Gasteiger charge is -1.91. The molecule has 2 rings (SSSR count). The average Bonchev–Trinajstić information content (AvgIpc) is 2.59. The Morgan fingerprint density at radius 2 is 2.36 bits per heavy atom. The van der Waals surface area contributed by atoms with E-state index in [1.165, 1.54) is 6.33 Å². The van der Waals surface area contributed by atoms with Crippen molar-refractivity contribution < 1.29 is 0 Å². The molecule has 2 heterocycles. The van der Waals surface area contributed by atoms with E-state index in [1.807, 2.05) is 12.2 Å². The number of halogens is 1. The van der Waals surface area contributed by atoms with E-state index in [2.05, 4.69) is 32.8 Å². The molecule has 0 fully saturated rings. The predicted molar refractivity (Wildman–Crippen MR) is 59.6 cm³/mol. The number of aromatic nitrogens is 4. The molecule has 0 saturated heterocycles. The Labute approximate surface area is 90.8 Å². The van der Waals surface area contributed by atoms with Crippen molar-refractivity contribution in [2.45, 2.75) is 0 Å². The number of fused-ring (bicyclic) bond motifs is 1. The van der Waals surface area contributed by atoms with E-state index < -0.39 is 0 Å². The third kappa shape index (κ3) is 1.60. The van der Waals surface area contributed by atoms with Crippen LogP contribution in [0.15, 0.2) is 12.4 Å². The zero-order chi connectivity index (χ0) is 9.97. The third-order valence-electron chi connectivity index (χ3n) is 1.72. The van der Waals surface area contributed by atoms with Gasteiger partial charge in [0.1, 0.15) is 11.5 Å². The summed E-state index contributed by atoms with van der Waals surface area (Å²) in [6.45, 7) is 0. The Bertz CT molecular complexity index is 479. The summed E-state index contributed by atoms with van der Waals surface area (Å²) < 4.78 is 0. The van der Waals surface area contributed by atoms with Crippen molar-refractivity contribution in [3.8, 4) is 0 Å². The highest BCUT2D eigenvalue weighted by molar-refractivity contribution is 7.80. The zero-order valence-electron chi connectivity index (χ0n) is 7.11. The van der Waals surface area contributed by atoms with Gasteiger partial charge in [0.25, 0.3) is 0 Å². The maximum absolute atomic E-state index is 5.92. The second-order valence-corrected chi connectivity index (χ2v) is 3.31. The molecule has 0 unspecified atom stereocenters. The standard InChI is InChI=1S/C8H7ClN4S/c9-7-6-5(2-1-3-14)12-13-8(6)11-4-10-7/h1-2,4,14H,3H2,(H,10,11,12,13). The number of rotatable bonds is 2. The van der Waals surface area contributed by atoms with Gasteiger partial charge in [-0.05, 0) is 6.08 Å². The van der Waals surface area contributed by atoms with E-state index in [-0.39, 0.29) is 0 Å². The molecule has 72 valence electrons. The Kier molecular flexibility index (Phi) is 2.69. The molecular weight excluding hydrogens is 220 g/mol. The van der Waals surface area contributed by atoms with Gasteiger partial charge in [-0.2, -0.15) is 17.7 Å². The first-order valence-electron chi connectivity index (χ1n) is 3.95. The first-order chi connectivity index (χ1) is 6.83. The molecule has 0 aliphatic heterocycles. The van der Waals surface area contributed by atoms with Crippen LogP contribution >= 0.6 is 24.2 Å². The van der Waals surface area contributed by atoms with Crippen molar-refractivity contribution in [2.24, 2.45) is 0 Å². The van der Waals surface area contributed by atoms with Crippen molar-refractivity contribution in [1.82, 2.24) is 20.2 Å². The smallest absolute Gasteiger partial charge is 0.186 e. The maximum Gasteiger partial charge on any atom is 0.186 e. The van der Waals surface area contributed by atoms with Gasteiger partial charge in [0, 0.05) is 5.75 Å². The maximum atomic E-state index is 5.92. The summed E-state index contributed by atoms with van der Waals surface area (Å²) in [6, 6.07) is 0. The highest BCUT2D eigenvalue weighted by Gasteiger charge is 2.07. The van der Waals surface area contributed by atoms with E-state index in [0.717, 1.165) is 11.1 Å². The van der Waals surface area contributed by atoms with Crippen LogP contribution in [0.5, 0.6) is 0 Å². The summed E-state index contributed by atoms with van der Waals surface area (Å²) in [4.78, 5) is 7.87. The minimum atomic E-state index is 0.405. The van der Waals surface area contributed by atoms with Crippen LogP contribution in [0.25, 0.3) is 17.1 Å². The lowest BCUT2D eigenvalue weighted by Crippen LogP contribution is -1.81. The summed E-state index contributed by atoms with van der Waals surface area (Å²) in [5, 5.41) is 7.98. The SMILES string of the molecule is SCC=Cc1[nH]nc2ncnc(Cl)c12. The van der Waals surface area contributed by atoms with Crippen LogP contribution in [0.2, 0.25) is 5.15 Å². The molecule has 0 aromatic carbocycles. The van der Waals surface area contributed by atoms with E-state index >= 15 is 0 Å². The molecule has 0 spiro atoms. The van der Waals surface area contributed by atoms with Gasteiger partial charge in [-0.25, -0.2) is 9.97 Å². The molecule has 4 nitrogen and oxygen atoms in total. The van der Waals surface area contributed by atoms with Crippen LogP contribution in [-0.2, 0) is 0 Å². The third-order valence-corrected chi connectivity index (χ3v) is 2.22. The molecule has 2 aromatic rings. The van der Waals surface area contributed by atoms with Crippen LogP contribution < -0.4 is 0 Å². The Balaban J connectivity index is 2.61. The fraction of sp³-hybridized carbons (Fsp3) is 0.125. The molecule has 0 radical (unpaired) electrons. The average molecular weight is 227 g/mol. The van der Waals surface area contributed by atoms with E-state index in [1.54, 1.807) is 0 Å². The van der Waals surface area contributed by atoms with Gasteiger partial charge in [0.2, 0.25) is 0 Å². The Hall–Kier alpha value is -1.07. The number of H-pyrrole nitrogens is 1. The summed E-state index contributed by atoms with van der Waals surface area (Å²) >= 11 is 9.99. The molecule has 0 atom stereocenters. The number of nitrogens with zero attached hydrogens (tertiary/aromatic N) is 3. The van der Waals surface area contributed by atoms with Crippen molar-refractivity contribution in [3.05, 3.63) is 23.3 Å². The number of aromatic amines is 1. The normalized spacial score (nSPS) is 11.6. The van der Waals surface area contributed by atoms with Gasteiger partial charge < -0.3 is 0 Å². The number of hydrogen-bond donors (Lipinski definition) is 2. The van der Waals surface area contributed by atoms with Gasteiger partial charge in [0.05, 0.1) is 11.1 Å². The molecule has 0 amide bonds. The number of thiol groups is 1. The van der Waals surface area contributed by atoms with Crippen LogP contribution in [0, 0.1) is 0 Å². The summed E-state index contributed by atoms with van der Waals surface area (Å²) in [5.74, 6) is 0.659. The van der Waals surface area contributed by atoms with Crippen LogP contribution in [0.1, 0.15) is 5.69 Å². The predicted octanol–water partition coefficient (Wildman–Crippen LogP) is 1.95. The van der Waals surface area contributed by atoms with Crippen LogP contribution in [0.3, 0.4) is 0 Å². The minimum Gasteiger partial charge on any atom is -0.276 e. The van der Waals surface area contributed by atoms with Crippen molar-refractivity contribution in [1.29, 1.82) is 0 Å². The lowest BCUT2D eigenvalue weighted by atomic mass is 10.3. The van der Waals surface area contributed by atoms with Crippen LogP contribution in [0.4, 0.5) is 0 Å². The second kappa shape index (κ2) is 3.98. The second-order valence-electron chi connectivity index (χ2n) is 2.59. The molecular formula is C8H7ClN4S. The first-order valence-corrected chi connectivity index (χ1v) is 4.96. The molecule has 14 heavy (non-hydrogen) atoms. The highest BCUT2D eigenvalue weighted by Crippen LogP contribution is 2.21. The highest BCUT2D eigenvalue weighted by atomic mass is 35.5. The summed E-state index contributed by atoms with van der Waals surface area (Å²) in [5.41, 5.74) is 1.38. The van der Waals surface area contributed by atoms with Gasteiger partial charge in [-0.3, -0.25) is 5.10 Å². The largest absolute Gasteiger partial charge is 0.276 e. The van der Waals surface area contributed by atoms with Gasteiger partial charge in [-0.15, -0.1) is 0 Å². The van der Waals surface area contributed by atoms with Gasteiger partial charge in [0.15, 0.2) is 5.65 Å². The van der Waals surface area contributed by atoms with E-state index in [4.69, 9.17) is 11.6 Å². The topological polar surface area (TPSA) is 54.5 Å². The lowest BCUT2D eigenvalue weighted by molar-refractivity contribution is 1.08. The number of hydrogen-bond acceptors (Lipinski definition) is 4. The zero-order valence-corrected chi connectivity index (χ0v) is 8.76. The van der Waals surface area contributed by atoms with Gasteiger partial charge >= 0.3 is 0 Å². The fourth-order valence-corrected chi connectivity index (χ4v) is 1.47. The van der Waals surface area contributed by atoms with E-state index in [0.29, 0.717) is 16.6 Å². The molecule has 0 aliphatic rings. The summed E-state index contributed by atoms with van der Waals surface area (Å²) in [7, 11) is 0. The van der Waals surface area contributed by atoms with E-state index in [9.17, 15) is 0 Å². The quantitative estimate of drug-likeness (QED) is 0.608. The minimum absolute atomic E-state index is 0.405. The number of nitrogens with one attached hydrogen (secondary N) is 1. The molecule has 2 aromatic heterocycles. The Morgan fingerprint density at radius 3 is 3.14 bits per heavy atom.